The van der Waals surface area contributed by atoms with E-state index in [9.17, 15) is 14.0 Å². The van der Waals surface area contributed by atoms with Crippen LogP contribution in [0.25, 0.3) is 22.1 Å². The Morgan fingerprint density at radius 2 is 1.82 bits per heavy atom. The Bertz CT molecular complexity index is 1260. The number of hydrogen-bond donors (Lipinski definition) is 2. The fourth-order valence-corrected chi connectivity index (χ4v) is 2.72. The van der Waals surface area contributed by atoms with Crippen LogP contribution in [0.5, 0.6) is 0 Å². The lowest BCUT2D eigenvalue weighted by Crippen LogP contribution is -2.22. The summed E-state index contributed by atoms with van der Waals surface area (Å²) >= 11 is 0. The molecule has 0 radical (unpaired) electrons. The van der Waals surface area contributed by atoms with Crippen molar-refractivity contribution >= 4 is 22.9 Å². The highest BCUT2D eigenvalue weighted by atomic mass is 19.1. The van der Waals surface area contributed by atoms with Crippen LogP contribution in [-0.2, 0) is 0 Å². The lowest BCUT2D eigenvalue weighted by molar-refractivity contribution is 0.0951. The molecule has 0 atom stereocenters. The zero-order valence-corrected chi connectivity index (χ0v) is 14.3. The topological polar surface area (TPSA) is 100 Å². The molecule has 8 heteroatoms. The van der Waals surface area contributed by atoms with Crippen molar-refractivity contribution in [3.63, 3.8) is 0 Å². The van der Waals surface area contributed by atoms with E-state index < -0.39 is 11.7 Å². The molecule has 138 valence electrons. The molecule has 2 aromatic heterocycles. The molecule has 0 aliphatic rings. The van der Waals surface area contributed by atoms with Crippen LogP contribution in [0, 0.1) is 5.82 Å². The van der Waals surface area contributed by atoms with Crippen LogP contribution in [-0.4, -0.2) is 22.3 Å². The Hall–Kier alpha value is -4.07. The number of hydrazone groups is 1. The second kappa shape index (κ2) is 7.28. The van der Waals surface area contributed by atoms with E-state index in [0.717, 1.165) is 0 Å². The van der Waals surface area contributed by atoms with Crippen LogP contribution < -0.4 is 11.0 Å². The monoisotopic (exact) mass is 376 g/mol. The maximum absolute atomic E-state index is 13.8. The molecule has 0 fully saturated rings. The number of benzene rings is 2. The second-order valence-electron chi connectivity index (χ2n) is 5.83. The molecule has 0 bridgehead atoms. The summed E-state index contributed by atoms with van der Waals surface area (Å²) in [7, 11) is 0. The van der Waals surface area contributed by atoms with Crippen LogP contribution >= 0.6 is 0 Å². The standard InChI is InChI=1S/C20H13FN4O3/c21-16-8-4-3-7-15(16)17-10-9-12(28-17)11-22-24-20(27)18-13-5-1-2-6-14(13)19(26)25-23-18/h1-11H,(H,24,27)(H,25,26)/b22-11-. The molecule has 0 saturated carbocycles. The lowest BCUT2D eigenvalue weighted by Gasteiger charge is -2.02. The van der Waals surface area contributed by atoms with Gasteiger partial charge in [-0.3, -0.25) is 9.59 Å². The SMILES string of the molecule is O=C(N/N=C\c1ccc(-c2ccccc2F)o1)c1n[nH]c(=O)c2ccccc12. The van der Waals surface area contributed by atoms with E-state index in [-0.39, 0.29) is 11.3 Å². The predicted octanol–water partition coefficient (Wildman–Crippen LogP) is 3.09. The number of carbonyl (C=O) groups is 1. The number of aromatic amines is 1. The molecule has 2 heterocycles. The molecule has 4 aromatic rings. The minimum Gasteiger partial charge on any atom is -0.455 e. The van der Waals surface area contributed by atoms with E-state index in [4.69, 9.17) is 4.42 Å². The minimum atomic E-state index is -0.593. The number of carbonyl (C=O) groups excluding carboxylic acids is 1. The first-order valence-corrected chi connectivity index (χ1v) is 8.29. The third-order valence-corrected chi connectivity index (χ3v) is 4.04. The van der Waals surface area contributed by atoms with Gasteiger partial charge in [-0.05, 0) is 30.3 Å². The van der Waals surface area contributed by atoms with Gasteiger partial charge in [0.25, 0.3) is 11.5 Å². The molecule has 1 amide bonds. The second-order valence-corrected chi connectivity index (χ2v) is 5.83. The largest absolute Gasteiger partial charge is 0.455 e. The summed E-state index contributed by atoms with van der Waals surface area (Å²) in [5.41, 5.74) is 2.32. The van der Waals surface area contributed by atoms with E-state index in [2.05, 4.69) is 20.7 Å². The first-order chi connectivity index (χ1) is 13.6. The number of hydrogen-bond acceptors (Lipinski definition) is 5. The van der Waals surface area contributed by atoms with Crippen molar-refractivity contribution in [1.29, 1.82) is 0 Å². The third-order valence-electron chi connectivity index (χ3n) is 4.04. The van der Waals surface area contributed by atoms with Crippen molar-refractivity contribution in [2.45, 2.75) is 0 Å². The highest BCUT2D eigenvalue weighted by Gasteiger charge is 2.13. The van der Waals surface area contributed by atoms with E-state index in [1.54, 1.807) is 54.6 Å². The van der Waals surface area contributed by atoms with E-state index in [0.29, 0.717) is 27.9 Å². The minimum absolute atomic E-state index is 0.0406. The van der Waals surface area contributed by atoms with Crippen LogP contribution in [0.2, 0.25) is 0 Å². The van der Waals surface area contributed by atoms with Gasteiger partial charge >= 0.3 is 0 Å². The smallest absolute Gasteiger partial charge is 0.292 e. The summed E-state index contributed by atoms with van der Waals surface area (Å²) in [5, 5.41) is 10.7. The van der Waals surface area contributed by atoms with Crippen molar-refractivity contribution in [3.8, 4) is 11.3 Å². The number of furan rings is 1. The maximum Gasteiger partial charge on any atom is 0.292 e. The summed E-state index contributed by atoms with van der Waals surface area (Å²) in [6.45, 7) is 0. The fraction of sp³-hybridized carbons (Fsp3) is 0. The van der Waals surface area contributed by atoms with Crippen molar-refractivity contribution in [2.24, 2.45) is 5.10 Å². The molecular formula is C20H13FN4O3. The number of halogens is 1. The van der Waals surface area contributed by atoms with Crippen molar-refractivity contribution < 1.29 is 13.6 Å². The molecule has 7 nitrogen and oxygen atoms in total. The molecule has 0 aliphatic heterocycles. The number of nitrogens with one attached hydrogen (secondary N) is 2. The number of H-pyrrole nitrogens is 1. The number of rotatable bonds is 4. The van der Waals surface area contributed by atoms with Gasteiger partial charge in [-0.15, -0.1) is 0 Å². The van der Waals surface area contributed by atoms with E-state index >= 15 is 0 Å². The molecule has 28 heavy (non-hydrogen) atoms. The van der Waals surface area contributed by atoms with Crippen LogP contribution in [0.3, 0.4) is 0 Å². The van der Waals surface area contributed by atoms with Crippen molar-refractivity contribution in [1.82, 2.24) is 15.6 Å². The Balaban J connectivity index is 1.52. The average Bonchev–Trinajstić information content (AvgIpc) is 3.17. The summed E-state index contributed by atoms with van der Waals surface area (Å²) in [6.07, 6.45) is 1.29. The Morgan fingerprint density at radius 3 is 2.64 bits per heavy atom. The summed E-state index contributed by atoms with van der Waals surface area (Å²) in [6, 6.07) is 16.1. The number of nitrogens with zero attached hydrogens (tertiary/aromatic N) is 2. The van der Waals surface area contributed by atoms with Gasteiger partial charge in [-0.2, -0.15) is 10.2 Å². The first kappa shape index (κ1) is 17.3. The highest BCUT2D eigenvalue weighted by molar-refractivity contribution is 6.04. The van der Waals surface area contributed by atoms with Gasteiger partial charge in [0.15, 0.2) is 5.69 Å². The van der Waals surface area contributed by atoms with Gasteiger partial charge in [0.1, 0.15) is 17.3 Å². The average molecular weight is 376 g/mol. The highest BCUT2D eigenvalue weighted by Crippen LogP contribution is 2.24. The normalized spacial score (nSPS) is 11.2. The Kier molecular flexibility index (Phi) is 4.51. The van der Waals surface area contributed by atoms with Gasteiger partial charge in [0.2, 0.25) is 0 Å². The quantitative estimate of drug-likeness (QED) is 0.422. The Morgan fingerprint density at radius 1 is 1.07 bits per heavy atom. The molecule has 2 N–H and O–H groups in total. The predicted molar refractivity (Wildman–Crippen MR) is 102 cm³/mol. The molecule has 2 aromatic carbocycles. The molecule has 0 aliphatic carbocycles. The molecule has 4 rings (SSSR count). The maximum atomic E-state index is 13.8. The summed E-state index contributed by atoms with van der Waals surface area (Å²) < 4.78 is 19.3. The van der Waals surface area contributed by atoms with E-state index in [1.165, 1.54) is 12.3 Å². The lowest BCUT2D eigenvalue weighted by atomic mass is 10.1. The number of fused-ring (bicyclic) bond motifs is 1. The van der Waals surface area contributed by atoms with Gasteiger partial charge in [-0.1, -0.05) is 30.3 Å². The summed E-state index contributed by atoms with van der Waals surface area (Å²) in [5.74, 6) is -0.314. The first-order valence-electron chi connectivity index (χ1n) is 8.29. The third kappa shape index (κ3) is 3.30. The Labute approximate surface area is 157 Å². The van der Waals surface area contributed by atoms with Crippen molar-refractivity contribution in [2.75, 3.05) is 0 Å². The molecular weight excluding hydrogens is 363 g/mol. The molecule has 0 spiro atoms. The number of amides is 1. The fourth-order valence-electron chi connectivity index (χ4n) is 2.72. The van der Waals surface area contributed by atoms with Crippen LogP contribution in [0.4, 0.5) is 4.39 Å². The van der Waals surface area contributed by atoms with Crippen LogP contribution in [0.1, 0.15) is 16.2 Å². The van der Waals surface area contributed by atoms with Gasteiger partial charge in [0.05, 0.1) is 17.2 Å². The van der Waals surface area contributed by atoms with Crippen LogP contribution in [0.15, 0.2) is 75.0 Å². The zero-order valence-electron chi connectivity index (χ0n) is 14.3. The summed E-state index contributed by atoms with van der Waals surface area (Å²) in [4.78, 5) is 24.1. The van der Waals surface area contributed by atoms with Gasteiger partial charge in [0, 0.05) is 5.39 Å². The van der Waals surface area contributed by atoms with Crippen molar-refractivity contribution in [3.05, 3.63) is 88.3 Å². The van der Waals surface area contributed by atoms with Gasteiger partial charge < -0.3 is 4.42 Å². The molecule has 0 saturated heterocycles. The van der Waals surface area contributed by atoms with Gasteiger partial charge in [-0.25, -0.2) is 14.9 Å². The van der Waals surface area contributed by atoms with E-state index in [1.807, 2.05) is 0 Å². The molecule has 0 unspecified atom stereocenters. The zero-order chi connectivity index (χ0) is 19.5. The number of aromatic nitrogens is 2.